The van der Waals surface area contributed by atoms with Gasteiger partial charge in [0.2, 0.25) is 5.91 Å². The van der Waals surface area contributed by atoms with Crippen LogP contribution in [-0.2, 0) is 9.59 Å². The molecule has 0 saturated carbocycles. The number of amides is 2. The summed E-state index contributed by atoms with van der Waals surface area (Å²) in [6.07, 6.45) is -0.628. The van der Waals surface area contributed by atoms with Gasteiger partial charge in [0.1, 0.15) is 12.3 Å². The number of carbonyl (C=O) groups excluding carboxylic acids is 2. The minimum Gasteiger partial charge on any atom is -0.479 e. The summed E-state index contributed by atoms with van der Waals surface area (Å²) in [6.45, 7) is 6.26. The number of fused-ring (bicyclic) bond motifs is 1. The lowest BCUT2D eigenvalue weighted by Crippen LogP contribution is -2.49. The fraction of sp³-hybridized carbons (Fsp3) is 0.467. The summed E-state index contributed by atoms with van der Waals surface area (Å²) in [6, 6.07) is 5.05. The first-order chi connectivity index (χ1) is 9.88. The second-order valence-corrected chi connectivity index (χ2v) is 5.61. The van der Waals surface area contributed by atoms with Crippen molar-refractivity contribution in [2.75, 3.05) is 23.7 Å². The average molecular weight is 291 g/mol. The fourth-order valence-corrected chi connectivity index (χ4v) is 2.11. The molecule has 1 heterocycles. The number of hydrogen-bond donors (Lipinski definition) is 2. The van der Waals surface area contributed by atoms with E-state index in [1.807, 2.05) is 13.8 Å². The second-order valence-electron chi connectivity index (χ2n) is 5.61. The molecule has 1 aromatic carbocycles. The lowest BCUT2D eigenvalue weighted by Gasteiger charge is -2.32. The summed E-state index contributed by atoms with van der Waals surface area (Å²) in [4.78, 5) is 25.7. The van der Waals surface area contributed by atoms with Crippen molar-refractivity contribution in [1.82, 2.24) is 5.32 Å². The largest absolute Gasteiger partial charge is 0.479 e. The number of hydrogen-bond acceptors (Lipinski definition) is 4. The van der Waals surface area contributed by atoms with Crippen molar-refractivity contribution in [3.63, 3.8) is 0 Å². The lowest BCUT2D eigenvalue weighted by molar-refractivity contribution is -0.128. The number of ether oxygens (including phenoxy) is 1. The molecule has 1 aliphatic rings. The van der Waals surface area contributed by atoms with Crippen molar-refractivity contribution in [3.05, 3.63) is 18.2 Å². The van der Waals surface area contributed by atoms with E-state index in [9.17, 15) is 9.59 Å². The molecule has 21 heavy (non-hydrogen) atoms. The smallest absolute Gasteiger partial charge is 0.268 e. The van der Waals surface area contributed by atoms with Crippen molar-refractivity contribution >= 4 is 23.2 Å². The van der Waals surface area contributed by atoms with Gasteiger partial charge < -0.3 is 15.8 Å². The van der Waals surface area contributed by atoms with Crippen LogP contribution in [0.5, 0.6) is 5.75 Å². The van der Waals surface area contributed by atoms with E-state index >= 15 is 0 Å². The summed E-state index contributed by atoms with van der Waals surface area (Å²) < 4.78 is 5.53. The molecule has 114 valence electrons. The molecule has 2 amide bonds. The van der Waals surface area contributed by atoms with Crippen LogP contribution < -0.4 is 20.7 Å². The van der Waals surface area contributed by atoms with Crippen molar-refractivity contribution in [2.24, 2.45) is 5.92 Å². The molecule has 0 fully saturated rings. The maximum absolute atomic E-state index is 12.2. The molecule has 2 rings (SSSR count). The first-order valence-corrected chi connectivity index (χ1v) is 7.02. The molecule has 1 atom stereocenters. The van der Waals surface area contributed by atoms with Crippen LogP contribution in [0.3, 0.4) is 0 Å². The van der Waals surface area contributed by atoms with Gasteiger partial charge in [0, 0.05) is 18.3 Å². The first-order valence-electron chi connectivity index (χ1n) is 7.02. The predicted octanol–water partition coefficient (Wildman–Crippen LogP) is 1.15. The van der Waals surface area contributed by atoms with Gasteiger partial charge in [-0.1, -0.05) is 13.8 Å². The van der Waals surface area contributed by atoms with E-state index in [2.05, 4.69) is 5.32 Å². The third-order valence-electron chi connectivity index (χ3n) is 3.20. The number of rotatable bonds is 4. The van der Waals surface area contributed by atoms with Crippen molar-refractivity contribution < 1.29 is 14.3 Å². The molecule has 6 nitrogen and oxygen atoms in total. The summed E-state index contributed by atoms with van der Waals surface area (Å²) in [7, 11) is 0. The lowest BCUT2D eigenvalue weighted by atomic mass is 10.1. The molecule has 1 aliphatic heterocycles. The van der Waals surface area contributed by atoms with Crippen LogP contribution in [0.2, 0.25) is 0 Å². The normalized spacial score (nSPS) is 17.4. The zero-order valence-corrected chi connectivity index (χ0v) is 12.6. The monoisotopic (exact) mass is 291 g/mol. The maximum atomic E-state index is 12.2. The highest BCUT2D eigenvalue weighted by Gasteiger charge is 2.32. The van der Waals surface area contributed by atoms with Gasteiger partial charge in [-0.3, -0.25) is 14.5 Å². The highest BCUT2D eigenvalue weighted by Crippen LogP contribution is 2.35. The van der Waals surface area contributed by atoms with Crippen molar-refractivity contribution in [1.29, 1.82) is 0 Å². The van der Waals surface area contributed by atoms with Gasteiger partial charge in [-0.2, -0.15) is 0 Å². The Bertz CT molecular complexity index is 557. The van der Waals surface area contributed by atoms with E-state index in [4.69, 9.17) is 10.5 Å². The van der Waals surface area contributed by atoms with Crippen LogP contribution >= 0.6 is 0 Å². The van der Waals surface area contributed by atoms with Crippen LogP contribution in [0.25, 0.3) is 0 Å². The SMILES string of the molecule is CC(C)CNC(=O)CN1C(=O)C(C)Oc2cc(N)ccc21. The quantitative estimate of drug-likeness (QED) is 0.815. The average Bonchev–Trinajstić information content (AvgIpc) is 2.41. The van der Waals surface area contributed by atoms with Crippen LogP contribution in [0, 0.1) is 5.92 Å². The van der Waals surface area contributed by atoms with Gasteiger partial charge >= 0.3 is 0 Å². The highest BCUT2D eigenvalue weighted by atomic mass is 16.5. The molecule has 0 spiro atoms. The minimum absolute atomic E-state index is 0.0177. The molecule has 3 N–H and O–H groups in total. The third kappa shape index (κ3) is 3.45. The van der Waals surface area contributed by atoms with E-state index in [-0.39, 0.29) is 18.4 Å². The van der Waals surface area contributed by atoms with Gasteiger partial charge in [-0.15, -0.1) is 0 Å². The Morgan fingerprint density at radius 3 is 2.86 bits per heavy atom. The molecular formula is C15H21N3O3. The number of nitrogens with zero attached hydrogens (tertiary/aromatic N) is 1. The van der Waals surface area contributed by atoms with Crippen LogP contribution in [0.4, 0.5) is 11.4 Å². The Hall–Kier alpha value is -2.24. The number of benzene rings is 1. The molecule has 0 aromatic heterocycles. The van der Waals surface area contributed by atoms with Crippen molar-refractivity contribution in [2.45, 2.75) is 26.9 Å². The zero-order chi connectivity index (χ0) is 15.6. The first kappa shape index (κ1) is 15.2. The Kier molecular flexibility index (Phi) is 4.35. The van der Waals surface area contributed by atoms with Gasteiger partial charge in [-0.05, 0) is 25.0 Å². The summed E-state index contributed by atoms with van der Waals surface area (Å²) in [5.41, 5.74) is 6.86. The summed E-state index contributed by atoms with van der Waals surface area (Å²) in [5.74, 6) is 0.472. The molecule has 0 bridgehead atoms. The van der Waals surface area contributed by atoms with Gasteiger partial charge in [0.15, 0.2) is 6.10 Å². The van der Waals surface area contributed by atoms with E-state index in [0.29, 0.717) is 29.6 Å². The molecule has 0 radical (unpaired) electrons. The summed E-state index contributed by atoms with van der Waals surface area (Å²) in [5, 5.41) is 2.81. The van der Waals surface area contributed by atoms with E-state index in [1.54, 1.807) is 25.1 Å². The van der Waals surface area contributed by atoms with Crippen molar-refractivity contribution in [3.8, 4) is 5.75 Å². The van der Waals surface area contributed by atoms with Gasteiger partial charge in [0.05, 0.1) is 5.69 Å². The molecule has 0 aliphatic carbocycles. The highest BCUT2D eigenvalue weighted by molar-refractivity contribution is 6.03. The fourth-order valence-electron chi connectivity index (χ4n) is 2.11. The zero-order valence-electron chi connectivity index (χ0n) is 12.6. The third-order valence-corrected chi connectivity index (χ3v) is 3.20. The summed E-state index contributed by atoms with van der Waals surface area (Å²) >= 11 is 0. The molecule has 1 unspecified atom stereocenters. The van der Waals surface area contributed by atoms with E-state index in [1.165, 1.54) is 4.90 Å². The topological polar surface area (TPSA) is 84.7 Å². The Balaban J connectivity index is 2.18. The van der Waals surface area contributed by atoms with Crippen LogP contribution in [0.15, 0.2) is 18.2 Å². The van der Waals surface area contributed by atoms with E-state index in [0.717, 1.165) is 0 Å². The Labute approximate surface area is 124 Å². The molecule has 0 saturated heterocycles. The molecule has 6 heteroatoms. The number of nitrogen functional groups attached to an aromatic ring is 1. The van der Waals surface area contributed by atoms with Gasteiger partial charge in [-0.25, -0.2) is 0 Å². The number of nitrogens with two attached hydrogens (primary N) is 1. The van der Waals surface area contributed by atoms with Crippen LogP contribution in [0.1, 0.15) is 20.8 Å². The van der Waals surface area contributed by atoms with E-state index < -0.39 is 6.10 Å². The minimum atomic E-state index is -0.628. The molecule has 1 aromatic rings. The standard InChI is InChI=1S/C15H21N3O3/c1-9(2)7-17-14(19)8-18-12-5-4-11(16)6-13(12)21-10(3)15(18)20/h4-6,9-10H,7-8,16H2,1-3H3,(H,17,19). The second kappa shape index (κ2) is 6.03. The number of anilines is 2. The number of carbonyl (C=O) groups is 2. The predicted molar refractivity (Wildman–Crippen MR) is 81.1 cm³/mol. The maximum Gasteiger partial charge on any atom is 0.268 e. The Morgan fingerprint density at radius 1 is 1.48 bits per heavy atom. The van der Waals surface area contributed by atoms with Crippen LogP contribution in [-0.4, -0.2) is 31.0 Å². The molecular weight excluding hydrogens is 270 g/mol. The van der Waals surface area contributed by atoms with Gasteiger partial charge in [0.25, 0.3) is 5.91 Å². The Morgan fingerprint density at radius 2 is 2.19 bits per heavy atom. The number of nitrogens with one attached hydrogen (secondary N) is 1.